The lowest BCUT2D eigenvalue weighted by molar-refractivity contribution is -0.114. The van der Waals surface area contributed by atoms with E-state index in [0.29, 0.717) is 6.61 Å². The van der Waals surface area contributed by atoms with Crippen molar-refractivity contribution in [1.82, 2.24) is 0 Å². The zero-order chi connectivity index (χ0) is 10.7. The number of carbonyl (C=O) groups excluding carboxylic acids is 1. The van der Waals surface area contributed by atoms with E-state index in [-0.39, 0.29) is 11.9 Å². The third-order valence-electron chi connectivity index (χ3n) is 2.62. The van der Waals surface area contributed by atoms with Crippen LogP contribution in [0.15, 0.2) is 42.0 Å². The molecule has 0 radical (unpaired) electrons. The molecule has 78 valence electrons. The van der Waals surface area contributed by atoms with Crippen LogP contribution in [0.2, 0.25) is 0 Å². The minimum atomic E-state index is -0.0510. The maximum atomic E-state index is 11.3. The number of carbonyl (C=O) groups is 1. The molecule has 0 aromatic heterocycles. The molecule has 1 aliphatic rings. The maximum absolute atomic E-state index is 11.3. The van der Waals surface area contributed by atoms with Crippen LogP contribution in [0.5, 0.6) is 0 Å². The predicted molar refractivity (Wildman–Crippen MR) is 58.7 cm³/mol. The Bertz CT molecular complexity index is 379. The Morgan fingerprint density at radius 3 is 2.80 bits per heavy atom. The van der Waals surface area contributed by atoms with Crippen molar-refractivity contribution >= 4 is 5.78 Å². The van der Waals surface area contributed by atoms with Crippen molar-refractivity contribution in [1.29, 1.82) is 0 Å². The molecule has 0 saturated heterocycles. The van der Waals surface area contributed by atoms with Crippen LogP contribution in [-0.2, 0) is 16.0 Å². The molecule has 2 rings (SSSR count). The molecule has 0 amide bonds. The van der Waals surface area contributed by atoms with Crippen molar-refractivity contribution in [3.05, 3.63) is 47.5 Å². The summed E-state index contributed by atoms with van der Waals surface area (Å²) >= 11 is 0. The van der Waals surface area contributed by atoms with Crippen LogP contribution in [0.25, 0.3) is 0 Å². The Morgan fingerprint density at radius 2 is 2.13 bits per heavy atom. The van der Waals surface area contributed by atoms with Gasteiger partial charge in [-0.3, -0.25) is 4.79 Å². The van der Waals surface area contributed by atoms with Gasteiger partial charge in [-0.05, 0) is 18.6 Å². The number of benzene rings is 1. The molecule has 0 spiro atoms. The van der Waals surface area contributed by atoms with Crippen LogP contribution in [0.1, 0.15) is 12.5 Å². The SMILES string of the molecule is CC(=O)C1=CCOC1Cc1ccccc1. The van der Waals surface area contributed by atoms with Crippen LogP contribution in [0.3, 0.4) is 0 Å². The fourth-order valence-electron chi connectivity index (χ4n) is 1.84. The van der Waals surface area contributed by atoms with Crippen LogP contribution >= 0.6 is 0 Å². The van der Waals surface area contributed by atoms with Gasteiger partial charge in [0.1, 0.15) is 0 Å². The van der Waals surface area contributed by atoms with E-state index in [2.05, 4.69) is 12.1 Å². The normalized spacial score (nSPS) is 20.1. The summed E-state index contributed by atoms with van der Waals surface area (Å²) in [5, 5.41) is 0. The first kappa shape index (κ1) is 10.1. The average molecular weight is 202 g/mol. The number of rotatable bonds is 3. The molecule has 1 atom stereocenters. The summed E-state index contributed by atoms with van der Waals surface area (Å²) in [6.07, 6.45) is 2.62. The summed E-state index contributed by atoms with van der Waals surface area (Å²) in [6, 6.07) is 10.1. The van der Waals surface area contributed by atoms with Crippen LogP contribution in [0.4, 0.5) is 0 Å². The highest BCUT2D eigenvalue weighted by molar-refractivity contribution is 5.94. The molecule has 1 aromatic carbocycles. The van der Waals surface area contributed by atoms with Gasteiger partial charge in [0.15, 0.2) is 5.78 Å². The van der Waals surface area contributed by atoms with Gasteiger partial charge < -0.3 is 4.74 Å². The summed E-state index contributed by atoms with van der Waals surface area (Å²) < 4.78 is 5.52. The van der Waals surface area contributed by atoms with Crippen molar-refractivity contribution in [3.63, 3.8) is 0 Å². The molecule has 15 heavy (non-hydrogen) atoms. The topological polar surface area (TPSA) is 26.3 Å². The Kier molecular flexibility index (Phi) is 2.97. The third-order valence-corrected chi connectivity index (χ3v) is 2.62. The van der Waals surface area contributed by atoms with Crippen LogP contribution in [-0.4, -0.2) is 18.5 Å². The van der Waals surface area contributed by atoms with Crippen molar-refractivity contribution in [3.8, 4) is 0 Å². The number of Topliss-reactive ketones (excluding diaryl/α,β-unsaturated/α-hetero) is 1. The van der Waals surface area contributed by atoms with E-state index >= 15 is 0 Å². The molecular weight excluding hydrogens is 188 g/mol. The van der Waals surface area contributed by atoms with Gasteiger partial charge in [0, 0.05) is 12.0 Å². The van der Waals surface area contributed by atoms with Gasteiger partial charge in [0.05, 0.1) is 12.7 Å². The Morgan fingerprint density at radius 1 is 1.40 bits per heavy atom. The van der Waals surface area contributed by atoms with E-state index in [0.717, 1.165) is 12.0 Å². The first-order valence-corrected chi connectivity index (χ1v) is 5.14. The van der Waals surface area contributed by atoms with Gasteiger partial charge in [-0.15, -0.1) is 0 Å². The third kappa shape index (κ3) is 2.34. The minimum Gasteiger partial charge on any atom is -0.369 e. The van der Waals surface area contributed by atoms with E-state index in [4.69, 9.17) is 4.74 Å². The molecule has 1 aromatic rings. The highest BCUT2D eigenvalue weighted by Gasteiger charge is 2.23. The Hall–Kier alpha value is -1.41. The summed E-state index contributed by atoms with van der Waals surface area (Å²) in [7, 11) is 0. The zero-order valence-electron chi connectivity index (χ0n) is 8.77. The molecular formula is C13H14O2. The predicted octanol–water partition coefficient (Wildman–Crippen LogP) is 2.14. The summed E-state index contributed by atoms with van der Waals surface area (Å²) in [6.45, 7) is 2.16. The monoisotopic (exact) mass is 202 g/mol. The van der Waals surface area contributed by atoms with Gasteiger partial charge in [-0.1, -0.05) is 30.3 Å². The number of hydrogen-bond acceptors (Lipinski definition) is 2. The van der Waals surface area contributed by atoms with Gasteiger partial charge in [-0.25, -0.2) is 0 Å². The highest BCUT2D eigenvalue weighted by Crippen LogP contribution is 2.19. The first-order valence-electron chi connectivity index (χ1n) is 5.14. The lowest BCUT2D eigenvalue weighted by Crippen LogP contribution is -2.17. The van der Waals surface area contributed by atoms with Crippen LogP contribution in [0, 0.1) is 0 Å². The van der Waals surface area contributed by atoms with E-state index < -0.39 is 0 Å². The summed E-state index contributed by atoms with van der Waals surface area (Å²) in [5.74, 6) is 0.119. The Labute approximate surface area is 89.6 Å². The van der Waals surface area contributed by atoms with Gasteiger partial charge in [0.2, 0.25) is 0 Å². The molecule has 1 aliphatic heterocycles. The lowest BCUT2D eigenvalue weighted by atomic mass is 10.0. The average Bonchev–Trinajstić information content (AvgIpc) is 2.67. The largest absolute Gasteiger partial charge is 0.369 e. The quantitative estimate of drug-likeness (QED) is 0.750. The van der Waals surface area contributed by atoms with Crippen LogP contribution < -0.4 is 0 Å². The fourth-order valence-corrected chi connectivity index (χ4v) is 1.84. The molecule has 0 bridgehead atoms. The van der Waals surface area contributed by atoms with Crippen molar-refractivity contribution in [2.24, 2.45) is 0 Å². The molecule has 2 heteroatoms. The van der Waals surface area contributed by atoms with E-state index in [9.17, 15) is 4.79 Å². The fraction of sp³-hybridized carbons (Fsp3) is 0.308. The molecule has 1 heterocycles. The second-order valence-electron chi connectivity index (χ2n) is 3.73. The van der Waals surface area contributed by atoms with E-state index in [1.807, 2.05) is 24.3 Å². The maximum Gasteiger partial charge on any atom is 0.158 e. The molecule has 2 nitrogen and oxygen atoms in total. The smallest absolute Gasteiger partial charge is 0.158 e. The van der Waals surface area contributed by atoms with Gasteiger partial charge in [-0.2, -0.15) is 0 Å². The Balaban J connectivity index is 2.08. The van der Waals surface area contributed by atoms with E-state index in [1.54, 1.807) is 6.92 Å². The van der Waals surface area contributed by atoms with Crippen molar-refractivity contribution in [2.45, 2.75) is 19.4 Å². The second-order valence-corrected chi connectivity index (χ2v) is 3.73. The highest BCUT2D eigenvalue weighted by atomic mass is 16.5. The molecule has 0 fully saturated rings. The molecule has 0 aliphatic carbocycles. The standard InChI is InChI=1S/C13H14O2/c1-10(14)12-7-8-15-13(12)9-11-5-3-2-4-6-11/h2-7,13H,8-9H2,1H3. The first-order chi connectivity index (χ1) is 7.27. The summed E-state index contributed by atoms with van der Waals surface area (Å²) in [5.41, 5.74) is 2.02. The van der Waals surface area contributed by atoms with E-state index in [1.165, 1.54) is 5.56 Å². The minimum absolute atomic E-state index is 0.0510. The number of ketones is 1. The molecule has 1 unspecified atom stereocenters. The second kappa shape index (κ2) is 4.41. The van der Waals surface area contributed by atoms with Gasteiger partial charge >= 0.3 is 0 Å². The van der Waals surface area contributed by atoms with Crippen molar-refractivity contribution in [2.75, 3.05) is 6.61 Å². The summed E-state index contributed by atoms with van der Waals surface area (Å²) in [4.78, 5) is 11.3. The number of hydrogen-bond donors (Lipinski definition) is 0. The lowest BCUT2D eigenvalue weighted by Gasteiger charge is -2.12. The molecule has 0 saturated carbocycles. The number of ether oxygens (including phenoxy) is 1. The zero-order valence-corrected chi connectivity index (χ0v) is 8.77. The molecule has 0 N–H and O–H groups in total. The van der Waals surface area contributed by atoms with Crippen molar-refractivity contribution < 1.29 is 9.53 Å². The van der Waals surface area contributed by atoms with Gasteiger partial charge in [0.25, 0.3) is 0 Å².